The van der Waals surface area contributed by atoms with E-state index in [2.05, 4.69) is 41.1 Å². The Bertz CT molecular complexity index is 335. The summed E-state index contributed by atoms with van der Waals surface area (Å²) in [5.74, 6) is 0. The van der Waals surface area contributed by atoms with Gasteiger partial charge in [-0.3, -0.25) is 0 Å². The summed E-state index contributed by atoms with van der Waals surface area (Å²) in [6.07, 6.45) is 2.37. The van der Waals surface area contributed by atoms with Gasteiger partial charge in [0, 0.05) is 16.4 Å². The third-order valence-electron chi connectivity index (χ3n) is 3.12. The molecule has 1 unspecified atom stereocenters. The second-order valence-corrected chi connectivity index (χ2v) is 4.98. The number of hydrogen-bond acceptors (Lipinski definition) is 1. The highest BCUT2D eigenvalue weighted by Gasteiger charge is 2.32. The lowest BCUT2D eigenvalue weighted by atomic mass is 9.84. The van der Waals surface area contributed by atoms with Gasteiger partial charge in [0.25, 0.3) is 0 Å². The predicted octanol–water partition coefficient (Wildman–Crippen LogP) is 2.61. The van der Waals surface area contributed by atoms with Crippen molar-refractivity contribution in [2.75, 3.05) is 6.54 Å². The van der Waals surface area contributed by atoms with Gasteiger partial charge in [-0.05, 0) is 36.1 Å². The Labute approximate surface area is 87.5 Å². The first-order valence-electron chi connectivity index (χ1n) is 4.65. The van der Waals surface area contributed by atoms with Crippen LogP contribution in [0.25, 0.3) is 0 Å². The third kappa shape index (κ3) is 1.42. The maximum atomic E-state index is 5.82. The summed E-state index contributed by atoms with van der Waals surface area (Å²) in [6, 6.07) is 6.54. The monoisotopic (exact) mass is 239 g/mol. The zero-order chi connectivity index (χ0) is 9.47. The molecule has 2 N–H and O–H groups in total. The molecular weight excluding hydrogens is 226 g/mol. The van der Waals surface area contributed by atoms with E-state index < -0.39 is 0 Å². The van der Waals surface area contributed by atoms with Gasteiger partial charge >= 0.3 is 0 Å². The van der Waals surface area contributed by atoms with Crippen molar-refractivity contribution in [3.63, 3.8) is 0 Å². The van der Waals surface area contributed by atoms with E-state index >= 15 is 0 Å². The van der Waals surface area contributed by atoms with Gasteiger partial charge < -0.3 is 5.73 Å². The summed E-state index contributed by atoms with van der Waals surface area (Å²) >= 11 is 3.50. The minimum Gasteiger partial charge on any atom is -0.330 e. The quantitative estimate of drug-likeness (QED) is 0.802. The fourth-order valence-electron chi connectivity index (χ4n) is 2.09. The molecule has 1 atom stereocenters. The van der Waals surface area contributed by atoms with Gasteiger partial charge in [0.2, 0.25) is 0 Å². The van der Waals surface area contributed by atoms with Crippen LogP contribution in [0.15, 0.2) is 22.7 Å². The van der Waals surface area contributed by atoms with Crippen molar-refractivity contribution < 1.29 is 0 Å². The Kier molecular flexibility index (Phi) is 2.20. The van der Waals surface area contributed by atoms with Crippen LogP contribution in [0.4, 0.5) is 0 Å². The Morgan fingerprint density at radius 3 is 3.00 bits per heavy atom. The highest BCUT2D eigenvalue weighted by atomic mass is 79.9. The molecule has 0 spiro atoms. The molecule has 0 saturated heterocycles. The van der Waals surface area contributed by atoms with Crippen LogP contribution in [0.1, 0.15) is 24.5 Å². The molecule has 2 rings (SSSR count). The fraction of sp³-hybridized carbons (Fsp3) is 0.455. The zero-order valence-electron chi connectivity index (χ0n) is 7.81. The van der Waals surface area contributed by atoms with Crippen molar-refractivity contribution in [3.8, 4) is 0 Å². The van der Waals surface area contributed by atoms with E-state index in [9.17, 15) is 0 Å². The Balaban J connectivity index is 2.52. The van der Waals surface area contributed by atoms with Gasteiger partial charge in [0.15, 0.2) is 0 Å². The minimum atomic E-state index is 0.207. The number of benzene rings is 1. The minimum absolute atomic E-state index is 0.207. The normalized spacial score (nSPS) is 26.1. The van der Waals surface area contributed by atoms with Gasteiger partial charge in [0.1, 0.15) is 0 Å². The second-order valence-electron chi connectivity index (χ2n) is 4.07. The van der Waals surface area contributed by atoms with E-state index in [1.165, 1.54) is 24.0 Å². The summed E-state index contributed by atoms with van der Waals surface area (Å²) in [5.41, 5.74) is 8.93. The molecule has 0 radical (unpaired) electrons. The molecule has 1 aromatic rings. The van der Waals surface area contributed by atoms with Gasteiger partial charge in [-0.2, -0.15) is 0 Å². The second kappa shape index (κ2) is 3.10. The smallest absolute Gasteiger partial charge is 0.0178 e. The molecule has 0 bridgehead atoms. The molecule has 0 fully saturated rings. The van der Waals surface area contributed by atoms with Crippen LogP contribution in [-0.4, -0.2) is 6.54 Å². The first kappa shape index (κ1) is 9.22. The summed E-state index contributed by atoms with van der Waals surface area (Å²) in [6.45, 7) is 3.00. The van der Waals surface area contributed by atoms with Crippen LogP contribution in [0.2, 0.25) is 0 Å². The maximum Gasteiger partial charge on any atom is 0.0178 e. The first-order chi connectivity index (χ1) is 6.15. The molecule has 13 heavy (non-hydrogen) atoms. The summed E-state index contributed by atoms with van der Waals surface area (Å²) in [5, 5.41) is 0. The topological polar surface area (TPSA) is 26.0 Å². The first-order valence-corrected chi connectivity index (χ1v) is 5.44. The molecule has 0 heterocycles. The lowest BCUT2D eigenvalue weighted by molar-refractivity contribution is 0.481. The molecule has 0 aliphatic heterocycles. The van der Waals surface area contributed by atoms with Crippen LogP contribution in [-0.2, 0) is 11.8 Å². The number of aryl methyl sites for hydroxylation is 1. The molecule has 1 nitrogen and oxygen atoms in total. The maximum absolute atomic E-state index is 5.82. The van der Waals surface area contributed by atoms with E-state index in [0.29, 0.717) is 0 Å². The summed E-state index contributed by atoms with van der Waals surface area (Å²) in [4.78, 5) is 0. The van der Waals surface area contributed by atoms with Crippen LogP contribution in [0, 0.1) is 0 Å². The van der Waals surface area contributed by atoms with E-state index in [4.69, 9.17) is 5.73 Å². The molecule has 1 aliphatic rings. The highest BCUT2D eigenvalue weighted by molar-refractivity contribution is 9.10. The predicted molar refractivity (Wildman–Crippen MR) is 58.9 cm³/mol. The number of nitrogens with two attached hydrogens (primary N) is 1. The van der Waals surface area contributed by atoms with Crippen molar-refractivity contribution >= 4 is 15.9 Å². The summed E-state index contributed by atoms with van der Waals surface area (Å²) < 4.78 is 1.16. The molecule has 0 aromatic heterocycles. The molecule has 1 aromatic carbocycles. The van der Waals surface area contributed by atoms with Crippen LogP contribution in [0.3, 0.4) is 0 Å². The van der Waals surface area contributed by atoms with E-state index in [1.54, 1.807) is 0 Å². The van der Waals surface area contributed by atoms with Crippen LogP contribution < -0.4 is 5.73 Å². The van der Waals surface area contributed by atoms with Gasteiger partial charge in [-0.25, -0.2) is 0 Å². The van der Waals surface area contributed by atoms with Crippen molar-refractivity contribution in [1.29, 1.82) is 0 Å². The number of halogens is 1. The largest absolute Gasteiger partial charge is 0.330 e. The number of fused-ring (bicyclic) bond motifs is 1. The molecule has 70 valence electrons. The molecule has 1 aliphatic carbocycles. The molecule has 0 saturated carbocycles. The van der Waals surface area contributed by atoms with Crippen LogP contribution in [0.5, 0.6) is 0 Å². The van der Waals surface area contributed by atoms with Gasteiger partial charge in [-0.15, -0.1) is 0 Å². The SMILES string of the molecule is CC1(CN)CCc2ccc(Br)cc21. The van der Waals surface area contributed by atoms with Crippen molar-refractivity contribution in [2.24, 2.45) is 5.73 Å². The Hall–Kier alpha value is -0.340. The number of hydrogen-bond donors (Lipinski definition) is 1. The Morgan fingerprint density at radius 2 is 2.31 bits per heavy atom. The van der Waals surface area contributed by atoms with Crippen molar-refractivity contribution in [3.05, 3.63) is 33.8 Å². The van der Waals surface area contributed by atoms with E-state index in [1.807, 2.05) is 0 Å². The van der Waals surface area contributed by atoms with Gasteiger partial charge in [-0.1, -0.05) is 28.9 Å². The number of rotatable bonds is 1. The lowest BCUT2D eigenvalue weighted by Gasteiger charge is -2.23. The molecule has 2 heteroatoms. The van der Waals surface area contributed by atoms with E-state index in [-0.39, 0.29) is 5.41 Å². The average molecular weight is 240 g/mol. The van der Waals surface area contributed by atoms with E-state index in [0.717, 1.165) is 11.0 Å². The lowest BCUT2D eigenvalue weighted by Crippen LogP contribution is -2.28. The molecular formula is C11H14BrN. The molecule has 0 amide bonds. The fourth-order valence-corrected chi connectivity index (χ4v) is 2.45. The summed E-state index contributed by atoms with van der Waals surface area (Å²) in [7, 11) is 0. The van der Waals surface area contributed by atoms with Crippen LogP contribution >= 0.6 is 15.9 Å². The standard InChI is InChI=1S/C11H14BrN/c1-11(7-13)5-4-8-2-3-9(12)6-10(8)11/h2-3,6H,4-5,7,13H2,1H3. The van der Waals surface area contributed by atoms with Gasteiger partial charge in [0.05, 0.1) is 0 Å². The Morgan fingerprint density at radius 1 is 1.54 bits per heavy atom. The van der Waals surface area contributed by atoms with Crippen molar-refractivity contribution in [1.82, 2.24) is 0 Å². The average Bonchev–Trinajstić information content (AvgIpc) is 2.45. The zero-order valence-corrected chi connectivity index (χ0v) is 9.39. The third-order valence-corrected chi connectivity index (χ3v) is 3.61. The van der Waals surface area contributed by atoms with Crippen molar-refractivity contribution in [2.45, 2.75) is 25.2 Å². The highest BCUT2D eigenvalue weighted by Crippen LogP contribution is 2.38.